The van der Waals surface area contributed by atoms with E-state index in [0.717, 1.165) is 19.3 Å². The minimum atomic E-state index is -2.02. The smallest absolute Gasteiger partial charge is 0.335 e. The van der Waals surface area contributed by atoms with E-state index >= 15 is 0 Å². The second-order valence-electron chi connectivity index (χ2n) is 26.1. The van der Waals surface area contributed by atoms with Gasteiger partial charge in [-0.05, 0) is 125 Å². The van der Waals surface area contributed by atoms with Gasteiger partial charge in [0.2, 0.25) is 0 Å². The van der Waals surface area contributed by atoms with Gasteiger partial charge in [-0.1, -0.05) is 79.2 Å². The van der Waals surface area contributed by atoms with Crippen molar-refractivity contribution >= 4 is 17.9 Å². The average molecular weight is 1110 g/mol. The van der Waals surface area contributed by atoms with E-state index in [1.807, 2.05) is 0 Å². The summed E-state index contributed by atoms with van der Waals surface area (Å²) in [5.74, 6) is -2.61. The van der Waals surface area contributed by atoms with Crippen LogP contribution in [-0.2, 0) is 52.3 Å². The quantitative estimate of drug-likeness (QED) is 0.0518. The maximum Gasteiger partial charge on any atom is 0.335 e. The first-order valence-corrected chi connectivity index (χ1v) is 28.3. The summed E-state index contributed by atoms with van der Waals surface area (Å²) in [6.07, 6.45) is -14.5. The van der Waals surface area contributed by atoms with Crippen molar-refractivity contribution in [2.75, 3.05) is 13.2 Å². The molecule has 24 atom stereocenters. The van der Waals surface area contributed by atoms with Crippen molar-refractivity contribution in [2.45, 2.75) is 245 Å². The Bertz CT molecular complexity index is 2310. The molecule has 442 valence electrons. The molecule has 3 heterocycles. The molecule has 3 saturated heterocycles. The van der Waals surface area contributed by atoms with Crippen LogP contribution in [0.4, 0.5) is 0 Å². The topological polar surface area (TPSA) is 307 Å². The Morgan fingerprint density at radius 1 is 0.667 bits per heavy atom. The number of rotatable bonds is 14. The van der Waals surface area contributed by atoms with Gasteiger partial charge < -0.3 is 83.9 Å². The lowest BCUT2D eigenvalue weighted by atomic mass is 9.33. The summed E-state index contributed by atoms with van der Waals surface area (Å²) in [6.45, 7) is 23.1. The lowest BCUT2D eigenvalue weighted by Gasteiger charge is -2.72. The number of carbonyl (C=O) groups excluding carboxylic acids is 2. The Morgan fingerprint density at radius 3 is 1.81 bits per heavy atom. The first kappa shape index (κ1) is 61.1. The number of aliphatic hydroxyl groups excluding tert-OH is 8. The zero-order valence-corrected chi connectivity index (χ0v) is 47.6. The fourth-order valence-corrected chi connectivity index (χ4v) is 16.3. The van der Waals surface area contributed by atoms with Crippen LogP contribution in [0.5, 0.6) is 0 Å². The minimum Gasteiger partial charge on any atom is -0.479 e. The van der Waals surface area contributed by atoms with E-state index in [-0.39, 0.29) is 47.0 Å². The highest BCUT2D eigenvalue weighted by Gasteiger charge is 2.72. The van der Waals surface area contributed by atoms with Crippen LogP contribution in [0.1, 0.15) is 141 Å². The molecule has 20 nitrogen and oxygen atoms in total. The number of carboxylic acid groups (broad SMARTS) is 1. The molecule has 0 bridgehead atoms. The third-order valence-corrected chi connectivity index (χ3v) is 21.4. The van der Waals surface area contributed by atoms with E-state index in [0.29, 0.717) is 43.3 Å². The van der Waals surface area contributed by atoms with Crippen LogP contribution in [-0.4, -0.2) is 181 Å². The predicted octanol–water partition coefficient (Wildman–Crippen LogP) is 3.74. The first-order valence-electron chi connectivity index (χ1n) is 28.3. The highest BCUT2D eigenvalue weighted by molar-refractivity contribution is 5.88. The molecule has 0 amide bonds. The van der Waals surface area contributed by atoms with Gasteiger partial charge in [-0.25, -0.2) is 14.4 Å². The molecule has 0 aromatic carbocycles. The van der Waals surface area contributed by atoms with E-state index < -0.39 is 145 Å². The molecular weight excluding hydrogens is 1020 g/mol. The zero-order valence-electron chi connectivity index (χ0n) is 47.6. The number of fused-ring (bicyclic) bond motifs is 7. The predicted molar refractivity (Wildman–Crippen MR) is 277 cm³/mol. The molecule has 8 rings (SSSR count). The second-order valence-corrected chi connectivity index (χ2v) is 26.1. The highest BCUT2D eigenvalue weighted by Crippen LogP contribution is 2.76. The summed E-state index contributed by atoms with van der Waals surface area (Å²) in [5, 5.41) is 98.5. The van der Waals surface area contributed by atoms with Crippen molar-refractivity contribution in [3.05, 3.63) is 34.9 Å². The van der Waals surface area contributed by atoms with Crippen LogP contribution in [0.2, 0.25) is 0 Å². The van der Waals surface area contributed by atoms with Gasteiger partial charge in [-0.3, -0.25) is 0 Å². The maximum absolute atomic E-state index is 13.8. The molecule has 0 radical (unpaired) electrons. The largest absolute Gasteiger partial charge is 0.479 e. The van der Waals surface area contributed by atoms with Crippen molar-refractivity contribution in [1.29, 1.82) is 0 Å². The number of hydrogen-bond acceptors (Lipinski definition) is 19. The van der Waals surface area contributed by atoms with Crippen molar-refractivity contribution in [2.24, 2.45) is 50.2 Å². The van der Waals surface area contributed by atoms with Gasteiger partial charge in [-0.15, -0.1) is 0 Å². The van der Waals surface area contributed by atoms with Gasteiger partial charge in [0.1, 0.15) is 67.1 Å². The summed E-state index contributed by atoms with van der Waals surface area (Å²) >= 11 is 0. The third kappa shape index (κ3) is 9.87. The van der Waals surface area contributed by atoms with Crippen molar-refractivity contribution in [3.8, 4) is 0 Å². The fourth-order valence-electron chi connectivity index (χ4n) is 16.3. The van der Waals surface area contributed by atoms with Crippen LogP contribution in [0.3, 0.4) is 0 Å². The molecule has 0 unspecified atom stereocenters. The SMILES string of the molecule is C/C=C(/C)C(=O)O[C@H]1[C@H](OC(=O)/C(C)=C\C)[C@]2(CO)CC[C@]3(C)C(=CC[C@@H]4[C@@]5(C)CC[C@H](O[C@@H]6O[C@H](C(=O)O)[C@@H](O)[C@H](O[C@@H]7O[C@@H](CC)[C@H](O)[C@H]7O)[C@H]6O[C@@H]6O[C@H](CO)[C@H](O)[C@@H](O)[C@@H]6O)C(C)(C)[C@@H]5CC[C@]43C)[C@@H]2CC1(C)C. The number of allylic oxidation sites excluding steroid dienone is 4. The van der Waals surface area contributed by atoms with Gasteiger partial charge in [0.25, 0.3) is 0 Å². The summed E-state index contributed by atoms with van der Waals surface area (Å²) in [5.41, 5.74) is -1.05. The summed E-state index contributed by atoms with van der Waals surface area (Å²) in [4.78, 5) is 40.3. The van der Waals surface area contributed by atoms with E-state index in [1.54, 1.807) is 46.8 Å². The molecule has 0 spiro atoms. The van der Waals surface area contributed by atoms with Crippen LogP contribution >= 0.6 is 0 Å². The monoisotopic (exact) mass is 1110 g/mol. The minimum absolute atomic E-state index is 0.0275. The molecule has 0 aromatic heterocycles. The Labute approximate surface area is 458 Å². The normalized spacial score (nSPS) is 48.1. The Balaban J connectivity index is 1.11. The highest BCUT2D eigenvalue weighted by atomic mass is 16.8. The summed E-state index contributed by atoms with van der Waals surface area (Å²) < 4.78 is 50.0. The molecule has 78 heavy (non-hydrogen) atoms. The Hall–Kier alpha value is -2.93. The Kier molecular flexibility index (Phi) is 17.5. The number of hydrogen-bond donors (Lipinski definition) is 9. The second kappa shape index (κ2) is 22.3. The van der Waals surface area contributed by atoms with E-state index in [1.165, 1.54) is 5.57 Å². The van der Waals surface area contributed by atoms with Gasteiger partial charge >= 0.3 is 17.9 Å². The lowest BCUT2D eigenvalue weighted by molar-refractivity contribution is -0.386. The number of ether oxygens (including phenoxy) is 8. The molecular formula is C58H90O20. The summed E-state index contributed by atoms with van der Waals surface area (Å²) in [7, 11) is 0. The van der Waals surface area contributed by atoms with E-state index in [9.17, 15) is 60.3 Å². The van der Waals surface area contributed by atoms with Gasteiger partial charge in [0, 0.05) is 22.0 Å². The Morgan fingerprint density at radius 2 is 1.24 bits per heavy atom. The molecule has 20 heteroatoms. The van der Waals surface area contributed by atoms with Gasteiger partial charge in [0.15, 0.2) is 25.0 Å². The van der Waals surface area contributed by atoms with E-state index in [4.69, 9.17) is 37.9 Å². The molecule has 7 fully saturated rings. The van der Waals surface area contributed by atoms with Gasteiger partial charge in [-0.2, -0.15) is 0 Å². The number of aliphatic carboxylic acids is 1. The number of carboxylic acids is 1. The van der Waals surface area contributed by atoms with Crippen molar-refractivity contribution in [1.82, 2.24) is 0 Å². The summed E-state index contributed by atoms with van der Waals surface area (Å²) in [6, 6.07) is 0. The molecule has 3 aliphatic heterocycles. The standard InChI is InChI=1S/C58H90O20/c1-13-27(4)48(69)77-45-46(78-49(70)28(5)14-2)58(26-60)23-22-56(11)29(30(58)24-53(45,6)7)16-17-34-55(10)20-19-35(54(8,9)33(55)18-21-57(34,56)12)73-52-44(76-51-40(65)38(63)37(62)32(25-59)72-51)42(41(66)43(75-52)47(67)68)74-50-39(64)36(61)31(15-3)71-50/h13-14,16,30-46,50-52,59-66H,15,17-26H2,1-12H3,(H,67,68)/b27-13-,28-14-/t30-,31-,32+,33-,34+,35-,36-,37-,38+,39+,40-,41-,42-,43-,44+,45-,46-,50-,51-,52+,55-,56+,57+,58-/m0/s1. The van der Waals surface area contributed by atoms with Crippen LogP contribution < -0.4 is 0 Å². The van der Waals surface area contributed by atoms with Crippen molar-refractivity contribution in [3.63, 3.8) is 0 Å². The average Bonchev–Trinajstić information content (AvgIpc) is 1.96. The number of aliphatic hydroxyl groups is 8. The molecule has 8 aliphatic rings. The first-order chi connectivity index (χ1) is 36.5. The number of esters is 2. The molecule has 4 saturated carbocycles. The molecule has 0 aromatic rings. The number of carbonyl (C=O) groups is 3. The molecule has 5 aliphatic carbocycles. The third-order valence-electron chi connectivity index (χ3n) is 21.4. The maximum atomic E-state index is 13.8. The van der Waals surface area contributed by atoms with Crippen molar-refractivity contribution < 1.29 is 98.2 Å². The van der Waals surface area contributed by atoms with Crippen LogP contribution in [0, 0.1) is 50.2 Å². The van der Waals surface area contributed by atoms with Gasteiger partial charge in [0.05, 0.1) is 25.4 Å². The van der Waals surface area contributed by atoms with Crippen LogP contribution in [0.15, 0.2) is 34.9 Å². The lowest BCUT2D eigenvalue weighted by Crippen LogP contribution is -2.69. The van der Waals surface area contributed by atoms with Crippen LogP contribution in [0.25, 0.3) is 0 Å². The zero-order chi connectivity index (χ0) is 57.6. The van der Waals surface area contributed by atoms with E-state index in [2.05, 4.69) is 54.5 Å². The molecule has 9 N–H and O–H groups in total. The fraction of sp³-hybridized carbons (Fsp3) is 0.845.